The fraction of sp³-hybridized carbons (Fsp3) is 0.125. The standard InChI is InChI=1S/C16H13ClFN3O3S2/c1-21(2)26(23,24)14-7-9(3-5-11(14)18)15(22)20-16-19-12-6-4-10(17)8-13(12)25-16/h3-8H,1-2H3,(H,19,20,22). The van der Waals surface area contributed by atoms with Gasteiger partial charge in [-0.1, -0.05) is 22.9 Å². The minimum atomic E-state index is -4.01. The number of aromatic nitrogens is 1. The highest BCUT2D eigenvalue weighted by molar-refractivity contribution is 7.89. The quantitative estimate of drug-likeness (QED) is 0.708. The van der Waals surface area contributed by atoms with Gasteiger partial charge in [-0.25, -0.2) is 22.1 Å². The Hall–Kier alpha value is -2.07. The van der Waals surface area contributed by atoms with Gasteiger partial charge in [0, 0.05) is 24.7 Å². The summed E-state index contributed by atoms with van der Waals surface area (Å²) >= 11 is 7.15. The Morgan fingerprint density at radius 2 is 1.96 bits per heavy atom. The van der Waals surface area contributed by atoms with E-state index in [1.54, 1.807) is 18.2 Å². The first kappa shape index (κ1) is 18.7. The zero-order valence-corrected chi connectivity index (χ0v) is 16.0. The van der Waals surface area contributed by atoms with E-state index in [2.05, 4.69) is 10.3 Å². The zero-order valence-electron chi connectivity index (χ0n) is 13.7. The smallest absolute Gasteiger partial charge is 0.257 e. The number of carbonyl (C=O) groups is 1. The highest BCUT2D eigenvalue weighted by Gasteiger charge is 2.23. The van der Waals surface area contributed by atoms with Crippen molar-refractivity contribution >= 4 is 54.2 Å². The summed E-state index contributed by atoms with van der Waals surface area (Å²) in [6, 6.07) is 8.30. The van der Waals surface area contributed by atoms with E-state index >= 15 is 0 Å². The molecule has 0 spiro atoms. The third kappa shape index (κ3) is 3.56. The van der Waals surface area contributed by atoms with Crippen LogP contribution in [0.4, 0.5) is 9.52 Å². The van der Waals surface area contributed by atoms with Gasteiger partial charge in [-0.15, -0.1) is 0 Å². The number of halogens is 2. The van der Waals surface area contributed by atoms with Gasteiger partial charge in [0.1, 0.15) is 10.7 Å². The van der Waals surface area contributed by atoms with Crippen molar-refractivity contribution < 1.29 is 17.6 Å². The van der Waals surface area contributed by atoms with Gasteiger partial charge in [0.2, 0.25) is 10.0 Å². The summed E-state index contributed by atoms with van der Waals surface area (Å²) in [5, 5.41) is 3.47. The monoisotopic (exact) mass is 413 g/mol. The molecular weight excluding hydrogens is 401 g/mol. The molecular formula is C16H13ClFN3O3S2. The molecule has 0 aliphatic carbocycles. The molecule has 1 N–H and O–H groups in total. The third-order valence-electron chi connectivity index (χ3n) is 3.52. The summed E-state index contributed by atoms with van der Waals surface area (Å²) in [6.07, 6.45) is 0. The Bertz CT molecular complexity index is 1110. The van der Waals surface area contributed by atoms with Gasteiger partial charge in [-0.05, 0) is 36.4 Å². The number of anilines is 1. The minimum Gasteiger partial charge on any atom is -0.298 e. The van der Waals surface area contributed by atoms with Gasteiger partial charge in [0.05, 0.1) is 10.2 Å². The maximum Gasteiger partial charge on any atom is 0.257 e. The van der Waals surface area contributed by atoms with Crippen molar-refractivity contribution in [1.82, 2.24) is 9.29 Å². The number of hydrogen-bond acceptors (Lipinski definition) is 5. The molecule has 0 radical (unpaired) electrons. The molecule has 2 aromatic carbocycles. The van der Waals surface area contributed by atoms with Crippen LogP contribution in [-0.2, 0) is 10.0 Å². The first-order valence-electron chi connectivity index (χ1n) is 7.28. The molecule has 3 aromatic rings. The first-order chi connectivity index (χ1) is 12.2. The largest absolute Gasteiger partial charge is 0.298 e. The molecule has 0 unspecified atom stereocenters. The number of hydrogen-bond donors (Lipinski definition) is 1. The number of nitrogens with one attached hydrogen (secondary N) is 1. The van der Waals surface area contributed by atoms with Gasteiger partial charge in [0.25, 0.3) is 5.91 Å². The minimum absolute atomic E-state index is 0.00381. The topological polar surface area (TPSA) is 79.4 Å². The Kier molecular flexibility index (Phi) is 4.98. The first-order valence-corrected chi connectivity index (χ1v) is 9.91. The molecule has 1 amide bonds. The van der Waals surface area contributed by atoms with E-state index in [4.69, 9.17) is 11.6 Å². The number of nitrogens with zero attached hydrogens (tertiary/aromatic N) is 2. The van der Waals surface area contributed by atoms with Crippen LogP contribution in [0.5, 0.6) is 0 Å². The molecule has 6 nitrogen and oxygen atoms in total. The number of amides is 1. The van der Waals surface area contributed by atoms with Gasteiger partial charge in [0.15, 0.2) is 5.13 Å². The lowest BCUT2D eigenvalue weighted by atomic mass is 10.2. The summed E-state index contributed by atoms with van der Waals surface area (Å²) in [4.78, 5) is 16.1. The lowest BCUT2D eigenvalue weighted by molar-refractivity contribution is 0.102. The highest BCUT2D eigenvalue weighted by Crippen LogP contribution is 2.29. The van der Waals surface area contributed by atoms with E-state index in [0.29, 0.717) is 15.7 Å². The fourth-order valence-corrected chi connectivity index (χ4v) is 4.28. The van der Waals surface area contributed by atoms with Gasteiger partial charge >= 0.3 is 0 Å². The number of thiazole rings is 1. The third-order valence-corrected chi connectivity index (χ3v) is 6.52. The summed E-state index contributed by atoms with van der Waals surface area (Å²) in [7, 11) is -1.44. The Morgan fingerprint density at radius 3 is 2.65 bits per heavy atom. The van der Waals surface area contributed by atoms with Crippen LogP contribution in [0.3, 0.4) is 0 Å². The van der Waals surface area contributed by atoms with E-state index in [0.717, 1.165) is 21.1 Å². The Morgan fingerprint density at radius 1 is 1.23 bits per heavy atom. The second-order valence-corrected chi connectivity index (χ2v) is 9.11. The average Bonchev–Trinajstić information content (AvgIpc) is 2.96. The summed E-state index contributed by atoms with van der Waals surface area (Å²) in [6.45, 7) is 0. The van der Waals surface area contributed by atoms with Crippen LogP contribution in [0.25, 0.3) is 10.2 Å². The van der Waals surface area contributed by atoms with Gasteiger partial charge in [-0.2, -0.15) is 0 Å². The molecule has 1 heterocycles. The second kappa shape index (κ2) is 6.92. The van der Waals surface area contributed by atoms with Crippen LogP contribution < -0.4 is 5.32 Å². The molecule has 0 aliphatic heterocycles. The number of benzene rings is 2. The van der Waals surface area contributed by atoms with E-state index in [1.807, 2.05) is 0 Å². The van der Waals surface area contributed by atoms with Crippen molar-refractivity contribution in [3.8, 4) is 0 Å². The Balaban J connectivity index is 1.92. The fourth-order valence-electron chi connectivity index (χ4n) is 2.16. The van der Waals surface area contributed by atoms with Crippen LogP contribution in [0.1, 0.15) is 10.4 Å². The van der Waals surface area contributed by atoms with Gasteiger partial charge < -0.3 is 0 Å². The van der Waals surface area contributed by atoms with Crippen molar-refractivity contribution in [2.45, 2.75) is 4.90 Å². The number of carbonyl (C=O) groups excluding carboxylic acids is 1. The predicted molar refractivity (Wildman–Crippen MR) is 99.9 cm³/mol. The van der Waals surface area contributed by atoms with Gasteiger partial charge in [-0.3, -0.25) is 10.1 Å². The molecule has 0 saturated carbocycles. The van der Waals surface area contributed by atoms with Crippen molar-refractivity contribution in [3.05, 3.63) is 52.8 Å². The molecule has 1 aromatic heterocycles. The van der Waals surface area contributed by atoms with Crippen LogP contribution in [0.2, 0.25) is 5.02 Å². The number of rotatable bonds is 4. The van der Waals surface area contributed by atoms with E-state index < -0.39 is 26.6 Å². The average molecular weight is 414 g/mol. The molecule has 0 atom stereocenters. The summed E-state index contributed by atoms with van der Waals surface area (Å²) in [5.74, 6) is -1.52. The highest BCUT2D eigenvalue weighted by atomic mass is 35.5. The summed E-state index contributed by atoms with van der Waals surface area (Å²) < 4.78 is 39.9. The maximum absolute atomic E-state index is 13.9. The van der Waals surface area contributed by atoms with Crippen LogP contribution in [0, 0.1) is 5.82 Å². The normalized spacial score (nSPS) is 11.9. The van der Waals surface area contributed by atoms with Crippen molar-refractivity contribution in [2.75, 3.05) is 19.4 Å². The van der Waals surface area contributed by atoms with Crippen LogP contribution in [0.15, 0.2) is 41.3 Å². The lowest BCUT2D eigenvalue weighted by Gasteiger charge is -2.13. The molecule has 0 aliphatic rings. The molecule has 3 rings (SSSR count). The van der Waals surface area contributed by atoms with Crippen molar-refractivity contribution in [1.29, 1.82) is 0 Å². The second-order valence-electron chi connectivity index (χ2n) is 5.52. The SMILES string of the molecule is CN(C)S(=O)(=O)c1cc(C(=O)Nc2nc3ccc(Cl)cc3s2)ccc1F. The zero-order chi connectivity index (χ0) is 19.1. The van der Waals surface area contributed by atoms with Crippen LogP contribution in [-0.4, -0.2) is 37.7 Å². The predicted octanol–water partition coefficient (Wildman–Crippen LogP) is 3.59. The molecule has 0 bridgehead atoms. The number of fused-ring (bicyclic) bond motifs is 1. The summed E-state index contributed by atoms with van der Waals surface area (Å²) in [5.41, 5.74) is 0.675. The molecule has 10 heteroatoms. The maximum atomic E-state index is 13.9. The van der Waals surface area contributed by atoms with Crippen molar-refractivity contribution in [2.24, 2.45) is 0 Å². The van der Waals surface area contributed by atoms with E-state index in [1.165, 1.54) is 31.5 Å². The Labute approximate surface area is 158 Å². The van der Waals surface area contributed by atoms with E-state index in [9.17, 15) is 17.6 Å². The van der Waals surface area contributed by atoms with Crippen molar-refractivity contribution in [3.63, 3.8) is 0 Å². The van der Waals surface area contributed by atoms with Crippen LogP contribution >= 0.6 is 22.9 Å². The molecule has 0 saturated heterocycles. The van der Waals surface area contributed by atoms with E-state index in [-0.39, 0.29) is 5.56 Å². The molecule has 0 fully saturated rings. The lowest BCUT2D eigenvalue weighted by Crippen LogP contribution is -2.24. The number of sulfonamides is 1. The molecule has 26 heavy (non-hydrogen) atoms. The molecule has 136 valence electrons.